The first-order valence-electron chi connectivity index (χ1n) is 3.85. The van der Waals surface area contributed by atoms with Gasteiger partial charge in [0, 0.05) is 5.56 Å². The van der Waals surface area contributed by atoms with Crippen molar-refractivity contribution >= 4 is 34.7 Å². The van der Waals surface area contributed by atoms with E-state index in [1.165, 1.54) is 0 Å². The summed E-state index contributed by atoms with van der Waals surface area (Å²) in [5.41, 5.74) is 0.489. The van der Waals surface area contributed by atoms with Crippen molar-refractivity contribution < 1.29 is 14.7 Å². The summed E-state index contributed by atoms with van der Waals surface area (Å²) in [6.07, 6.45) is 0. The summed E-state index contributed by atoms with van der Waals surface area (Å²) in [4.78, 5) is 21.9. The van der Waals surface area contributed by atoms with Crippen molar-refractivity contribution in [2.45, 2.75) is 0 Å². The van der Waals surface area contributed by atoms with Crippen LogP contribution in [0.25, 0.3) is 0 Å². The van der Waals surface area contributed by atoms with Crippen molar-refractivity contribution in [1.82, 2.24) is 3.11 Å². The second kappa shape index (κ2) is 4.94. The molecule has 1 N–H and O–H groups in total. The highest BCUT2D eigenvalue weighted by Gasteiger charge is 2.14. The fourth-order valence-electron chi connectivity index (χ4n) is 0.911. The number of hydrogen-bond acceptors (Lipinski definition) is 2. The fourth-order valence-corrected chi connectivity index (χ4v) is 1.48. The SMILES string of the molecule is O=C(O)CN(I)C(=O)c1ccccc1. The zero-order chi connectivity index (χ0) is 10.6. The molecule has 0 aliphatic heterocycles. The number of carboxylic acids is 1. The van der Waals surface area contributed by atoms with E-state index < -0.39 is 5.97 Å². The lowest BCUT2D eigenvalue weighted by atomic mass is 10.2. The molecule has 5 heteroatoms. The summed E-state index contributed by atoms with van der Waals surface area (Å²) in [6, 6.07) is 8.56. The van der Waals surface area contributed by atoms with Gasteiger partial charge in [-0.25, -0.2) is 0 Å². The van der Waals surface area contributed by atoms with Gasteiger partial charge in [-0.1, -0.05) is 18.2 Å². The van der Waals surface area contributed by atoms with Crippen molar-refractivity contribution in [3.8, 4) is 0 Å². The van der Waals surface area contributed by atoms with Crippen molar-refractivity contribution in [3.05, 3.63) is 35.9 Å². The number of carbonyl (C=O) groups excluding carboxylic acids is 1. The van der Waals surface area contributed by atoms with Crippen molar-refractivity contribution in [3.63, 3.8) is 0 Å². The zero-order valence-electron chi connectivity index (χ0n) is 7.18. The summed E-state index contributed by atoms with van der Waals surface area (Å²) in [7, 11) is 0. The van der Waals surface area contributed by atoms with Crippen LogP contribution in [0.3, 0.4) is 0 Å². The van der Waals surface area contributed by atoms with Crippen molar-refractivity contribution in [2.75, 3.05) is 6.54 Å². The lowest BCUT2D eigenvalue weighted by Gasteiger charge is -2.11. The van der Waals surface area contributed by atoms with Crippen LogP contribution in [-0.2, 0) is 4.79 Å². The molecule has 0 fully saturated rings. The van der Waals surface area contributed by atoms with Gasteiger partial charge in [-0.05, 0) is 12.1 Å². The number of halogens is 1. The highest BCUT2D eigenvalue weighted by Crippen LogP contribution is 2.08. The maximum atomic E-state index is 11.5. The highest BCUT2D eigenvalue weighted by molar-refractivity contribution is 14.1. The van der Waals surface area contributed by atoms with E-state index in [0.717, 1.165) is 3.11 Å². The van der Waals surface area contributed by atoms with Gasteiger partial charge in [0.05, 0.1) is 22.9 Å². The van der Waals surface area contributed by atoms with Gasteiger partial charge in [-0.3, -0.25) is 12.7 Å². The Morgan fingerprint density at radius 1 is 1.29 bits per heavy atom. The van der Waals surface area contributed by atoms with Gasteiger partial charge in [0.15, 0.2) is 0 Å². The Bertz CT molecular complexity index is 339. The van der Waals surface area contributed by atoms with Gasteiger partial charge >= 0.3 is 5.97 Å². The minimum absolute atomic E-state index is 0.297. The van der Waals surface area contributed by atoms with Crippen LogP contribution in [0.4, 0.5) is 0 Å². The Balaban J connectivity index is 2.71. The minimum Gasteiger partial charge on any atom is -0.480 e. The molecule has 0 aliphatic carbocycles. The van der Waals surface area contributed by atoms with Gasteiger partial charge in [-0.2, -0.15) is 0 Å². The number of aliphatic carboxylic acids is 1. The molecule has 0 unspecified atom stereocenters. The number of carbonyl (C=O) groups is 2. The molecule has 1 aromatic carbocycles. The summed E-state index contributed by atoms with van der Waals surface area (Å²) >= 11 is 1.69. The molecule has 0 atom stereocenters. The Morgan fingerprint density at radius 2 is 1.86 bits per heavy atom. The summed E-state index contributed by atoms with van der Waals surface area (Å²) < 4.78 is 1.13. The second-order valence-electron chi connectivity index (χ2n) is 2.59. The molecule has 0 heterocycles. The van der Waals surface area contributed by atoms with Gasteiger partial charge in [0.25, 0.3) is 5.91 Å². The normalized spacial score (nSPS) is 9.50. The molecule has 0 aliphatic rings. The van der Waals surface area contributed by atoms with Crippen LogP contribution < -0.4 is 0 Å². The van der Waals surface area contributed by atoms with E-state index in [0.29, 0.717) is 5.56 Å². The minimum atomic E-state index is -1.02. The van der Waals surface area contributed by atoms with E-state index in [1.54, 1.807) is 53.2 Å². The summed E-state index contributed by atoms with van der Waals surface area (Å²) in [6.45, 7) is -0.297. The molecule has 14 heavy (non-hydrogen) atoms. The lowest BCUT2D eigenvalue weighted by molar-refractivity contribution is -0.136. The molecule has 0 radical (unpaired) electrons. The molecular formula is C9H8INO3. The molecule has 1 rings (SSSR count). The first-order chi connectivity index (χ1) is 6.61. The largest absolute Gasteiger partial charge is 0.480 e. The van der Waals surface area contributed by atoms with Crippen LogP contribution in [0.5, 0.6) is 0 Å². The second-order valence-corrected chi connectivity index (χ2v) is 3.75. The van der Waals surface area contributed by atoms with Crippen LogP contribution >= 0.6 is 22.9 Å². The molecule has 0 spiro atoms. The topological polar surface area (TPSA) is 57.6 Å². The molecule has 0 aromatic heterocycles. The first kappa shape index (κ1) is 11.0. The first-order valence-corrected chi connectivity index (χ1v) is 4.82. The number of hydrogen-bond donors (Lipinski definition) is 1. The Labute approximate surface area is 95.0 Å². The Hall–Kier alpha value is -1.11. The quantitative estimate of drug-likeness (QED) is 0.681. The third kappa shape index (κ3) is 2.99. The van der Waals surface area contributed by atoms with E-state index in [2.05, 4.69) is 0 Å². The summed E-state index contributed by atoms with van der Waals surface area (Å²) in [5, 5.41) is 8.48. The van der Waals surface area contributed by atoms with Crippen LogP contribution in [0.2, 0.25) is 0 Å². The zero-order valence-corrected chi connectivity index (χ0v) is 9.34. The number of rotatable bonds is 3. The molecule has 0 saturated carbocycles. The maximum Gasteiger partial charge on any atom is 0.324 e. The third-order valence-corrected chi connectivity index (χ3v) is 2.29. The van der Waals surface area contributed by atoms with E-state index in [9.17, 15) is 9.59 Å². The fraction of sp³-hybridized carbons (Fsp3) is 0.111. The van der Waals surface area contributed by atoms with Crippen LogP contribution in [0, 0.1) is 0 Å². The van der Waals surface area contributed by atoms with Gasteiger partial charge in [0.1, 0.15) is 6.54 Å². The van der Waals surface area contributed by atoms with Gasteiger partial charge in [-0.15, -0.1) is 0 Å². The molecular weight excluding hydrogens is 297 g/mol. The third-order valence-electron chi connectivity index (χ3n) is 1.52. The van der Waals surface area contributed by atoms with Gasteiger partial charge in [0.2, 0.25) is 0 Å². The average molecular weight is 305 g/mol. The van der Waals surface area contributed by atoms with E-state index in [-0.39, 0.29) is 12.5 Å². The van der Waals surface area contributed by atoms with Crippen molar-refractivity contribution in [1.29, 1.82) is 0 Å². The van der Waals surface area contributed by atoms with E-state index in [4.69, 9.17) is 5.11 Å². The standard InChI is InChI=1S/C9H8INO3/c10-11(6-8(12)13)9(14)7-4-2-1-3-5-7/h1-5H,6H2,(H,12,13). The average Bonchev–Trinajstić information content (AvgIpc) is 2.17. The number of amides is 1. The van der Waals surface area contributed by atoms with E-state index >= 15 is 0 Å². The number of carboxylic acid groups (broad SMARTS) is 1. The predicted molar refractivity (Wildman–Crippen MR) is 59.1 cm³/mol. The summed E-state index contributed by atoms with van der Waals surface area (Å²) in [5.74, 6) is -1.32. The molecule has 0 bridgehead atoms. The Morgan fingerprint density at radius 3 is 2.36 bits per heavy atom. The predicted octanol–water partition coefficient (Wildman–Crippen LogP) is 1.56. The van der Waals surface area contributed by atoms with E-state index in [1.807, 2.05) is 0 Å². The Kier molecular flexibility index (Phi) is 3.87. The van der Waals surface area contributed by atoms with Crippen molar-refractivity contribution in [2.24, 2.45) is 0 Å². The molecule has 1 amide bonds. The van der Waals surface area contributed by atoms with Gasteiger partial charge < -0.3 is 5.11 Å². The smallest absolute Gasteiger partial charge is 0.324 e. The molecule has 0 saturated heterocycles. The monoisotopic (exact) mass is 305 g/mol. The lowest BCUT2D eigenvalue weighted by Crippen LogP contribution is -2.26. The number of nitrogens with zero attached hydrogens (tertiary/aromatic N) is 1. The number of benzene rings is 1. The van der Waals surface area contributed by atoms with Crippen LogP contribution in [0.15, 0.2) is 30.3 Å². The highest BCUT2D eigenvalue weighted by atomic mass is 127. The maximum absolute atomic E-state index is 11.5. The molecule has 4 nitrogen and oxygen atoms in total. The van der Waals surface area contributed by atoms with Crippen LogP contribution in [0.1, 0.15) is 10.4 Å². The van der Waals surface area contributed by atoms with Crippen LogP contribution in [-0.4, -0.2) is 26.6 Å². The molecule has 74 valence electrons. The molecule has 1 aromatic rings.